The van der Waals surface area contributed by atoms with Crippen molar-refractivity contribution in [3.8, 4) is 0 Å². The van der Waals surface area contributed by atoms with Crippen LogP contribution in [0.5, 0.6) is 0 Å². The molecule has 3 aliphatic rings. The van der Waals surface area contributed by atoms with Crippen molar-refractivity contribution < 1.29 is 20.4 Å². The number of fused-ring (bicyclic) bond motifs is 3. The molecule has 1 saturated carbocycles. The minimum Gasteiger partial charge on any atom is -0.393 e. The van der Waals surface area contributed by atoms with E-state index in [1.165, 1.54) is 0 Å². The Bertz CT molecular complexity index is 590. The van der Waals surface area contributed by atoms with Gasteiger partial charge >= 0.3 is 0 Å². The van der Waals surface area contributed by atoms with Gasteiger partial charge in [0, 0.05) is 11.3 Å². The molecule has 0 spiro atoms. The van der Waals surface area contributed by atoms with Crippen LogP contribution in [0.1, 0.15) is 53.9 Å². The number of hydrogen-bond donors (Lipinski definition) is 4. The van der Waals surface area contributed by atoms with Crippen LogP contribution in [0.25, 0.3) is 0 Å². The SMILES string of the molecule is CC1=C2/C=C3/CC(O)[C@@H](C)[C@H](C(O)C(O)[C@]2(C)CCC1O)C3(C)C. The van der Waals surface area contributed by atoms with Gasteiger partial charge in [-0.15, -0.1) is 0 Å². The predicted octanol–water partition coefficient (Wildman–Crippen LogP) is 2.17. The number of hydrogen-bond acceptors (Lipinski definition) is 4. The average molecular weight is 336 g/mol. The molecule has 0 radical (unpaired) electrons. The Kier molecular flexibility index (Phi) is 4.28. The van der Waals surface area contributed by atoms with Crippen LogP contribution in [0.2, 0.25) is 0 Å². The molecule has 0 amide bonds. The van der Waals surface area contributed by atoms with E-state index in [1.54, 1.807) is 0 Å². The highest BCUT2D eigenvalue weighted by Gasteiger charge is 2.55. The Labute approximate surface area is 144 Å². The molecule has 4 nitrogen and oxygen atoms in total. The molecule has 0 aliphatic heterocycles. The molecule has 0 aromatic carbocycles. The van der Waals surface area contributed by atoms with Gasteiger partial charge in [-0.3, -0.25) is 0 Å². The van der Waals surface area contributed by atoms with Gasteiger partial charge in [0.1, 0.15) is 0 Å². The first-order valence-electron chi connectivity index (χ1n) is 9.16. The molecule has 4 unspecified atom stereocenters. The van der Waals surface area contributed by atoms with E-state index >= 15 is 0 Å². The van der Waals surface area contributed by atoms with Crippen molar-refractivity contribution in [1.29, 1.82) is 0 Å². The Morgan fingerprint density at radius 3 is 2.33 bits per heavy atom. The molecular formula is C20H32O4. The van der Waals surface area contributed by atoms with Gasteiger partial charge in [-0.05, 0) is 48.7 Å². The number of allylic oxidation sites excluding steroid dienone is 1. The zero-order valence-electron chi connectivity index (χ0n) is 15.5. The summed E-state index contributed by atoms with van der Waals surface area (Å²) in [6, 6.07) is 0. The summed E-state index contributed by atoms with van der Waals surface area (Å²) in [6.07, 6.45) is 1.10. The molecule has 7 atom stereocenters. The number of aliphatic hydroxyl groups excluding tert-OH is 4. The Morgan fingerprint density at radius 2 is 1.71 bits per heavy atom. The summed E-state index contributed by atoms with van der Waals surface area (Å²) in [5.41, 5.74) is 2.06. The molecule has 2 bridgehead atoms. The Morgan fingerprint density at radius 1 is 1.08 bits per heavy atom. The lowest BCUT2D eigenvalue weighted by Gasteiger charge is -2.55. The van der Waals surface area contributed by atoms with Crippen LogP contribution in [0, 0.1) is 22.7 Å². The normalized spacial score (nSPS) is 50.5. The average Bonchev–Trinajstić information content (AvgIpc) is 2.51. The van der Waals surface area contributed by atoms with E-state index in [0.717, 1.165) is 16.7 Å². The van der Waals surface area contributed by atoms with Gasteiger partial charge in [0.2, 0.25) is 0 Å². The zero-order valence-corrected chi connectivity index (χ0v) is 15.5. The lowest BCUT2D eigenvalue weighted by Crippen LogP contribution is -2.57. The molecule has 0 aromatic rings. The van der Waals surface area contributed by atoms with Crippen LogP contribution >= 0.6 is 0 Å². The standard InChI is InChI=1S/C20H32O4/c1-10-13-8-12-9-15(22)11(2)16(19(12,3)4)17(23)18(24)20(13,5)7-6-14(10)21/h8,11,14-18,21-24H,6-7,9H2,1-5H3/b12-8-/t11-,14?,15?,16-,17?,18?,20-/m1/s1. The third kappa shape index (κ3) is 2.34. The molecule has 4 N–H and O–H groups in total. The van der Waals surface area contributed by atoms with E-state index in [2.05, 4.69) is 19.9 Å². The van der Waals surface area contributed by atoms with Gasteiger partial charge < -0.3 is 20.4 Å². The van der Waals surface area contributed by atoms with Crippen molar-refractivity contribution in [2.75, 3.05) is 0 Å². The van der Waals surface area contributed by atoms with E-state index < -0.39 is 29.8 Å². The molecule has 0 heterocycles. The summed E-state index contributed by atoms with van der Waals surface area (Å²) in [5, 5.41) is 43.0. The Hall–Kier alpha value is -0.680. The van der Waals surface area contributed by atoms with Gasteiger partial charge in [-0.25, -0.2) is 0 Å². The fraction of sp³-hybridized carbons (Fsp3) is 0.800. The molecule has 136 valence electrons. The number of aliphatic hydroxyl groups is 4. The fourth-order valence-electron chi connectivity index (χ4n) is 5.52. The van der Waals surface area contributed by atoms with Crippen molar-refractivity contribution in [3.05, 3.63) is 22.8 Å². The maximum absolute atomic E-state index is 11.1. The van der Waals surface area contributed by atoms with Gasteiger partial charge in [0.25, 0.3) is 0 Å². The first-order valence-corrected chi connectivity index (χ1v) is 9.16. The second kappa shape index (κ2) is 5.66. The molecular weight excluding hydrogens is 304 g/mol. The van der Waals surface area contributed by atoms with Crippen LogP contribution in [-0.4, -0.2) is 44.8 Å². The summed E-state index contributed by atoms with van der Waals surface area (Å²) in [4.78, 5) is 0. The first-order chi connectivity index (χ1) is 11.0. The Balaban J connectivity index is 2.27. The molecule has 3 rings (SSSR count). The maximum Gasteiger partial charge on any atom is 0.0895 e. The summed E-state index contributed by atoms with van der Waals surface area (Å²) in [7, 11) is 0. The molecule has 1 fully saturated rings. The largest absolute Gasteiger partial charge is 0.393 e. The fourth-order valence-corrected chi connectivity index (χ4v) is 5.52. The highest BCUT2D eigenvalue weighted by atomic mass is 16.3. The second-order valence-corrected chi connectivity index (χ2v) is 9.05. The van der Waals surface area contributed by atoms with Crippen LogP contribution in [0.15, 0.2) is 22.8 Å². The van der Waals surface area contributed by atoms with E-state index in [9.17, 15) is 20.4 Å². The molecule has 24 heavy (non-hydrogen) atoms. The minimum absolute atomic E-state index is 0.0776. The second-order valence-electron chi connectivity index (χ2n) is 9.05. The van der Waals surface area contributed by atoms with Gasteiger partial charge in [-0.1, -0.05) is 39.3 Å². The monoisotopic (exact) mass is 336 g/mol. The molecule has 0 aromatic heterocycles. The molecule has 3 aliphatic carbocycles. The van der Waals surface area contributed by atoms with E-state index in [-0.39, 0.29) is 17.3 Å². The third-order valence-electron chi connectivity index (χ3n) is 7.40. The van der Waals surface area contributed by atoms with Crippen molar-refractivity contribution in [2.24, 2.45) is 22.7 Å². The summed E-state index contributed by atoms with van der Waals surface area (Å²) in [6.45, 7) is 10.1. The van der Waals surface area contributed by atoms with Crippen molar-refractivity contribution in [1.82, 2.24) is 0 Å². The van der Waals surface area contributed by atoms with Gasteiger partial charge in [0.05, 0.1) is 24.4 Å². The van der Waals surface area contributed by atoms with Crippen molar-refractivity contribution in [3.63, 3.8) is 0 Å². The van der Waals surface area contributed by atoms with Crippen LogP contribution in [-0.2, 0) is 0 Å². The van der Waals surface area contributed by atoms with Gasteiger partial charge in [0.15, 0.2) is 0 Å². The molecule has 4 heteroatoms. The third-order valence-corrected chi connectivity index (χ3v) is 7.40. The quantitative estimate of drug-likeness (QED) is 0.546. The topological polar surface area (TPSA) is 80.9 Å². The lowest BCUT2D eigenvalue weighted by molar-refractivity contribution is -0.133. The van der Waals surface area contributed by atoms with Crippen LogP contribution in [0.3, 0.4) is 0 Å². The van der Waals surface area contributed by atoms with E-state index in [1.807, 2.05) is 20.8 Å². The van der Waals surface area contributed by atoms with Crippen molar-refractivity contribution in [2.45, 2.75) is 78.3 Å². The highest BCUT2D eigenvalue weighted by Crippen LogP contribution is 2.56. The van der Waals surface area contributed by atoms with Crippen LogP contribution in [0.4, 0.5) is 0 Å². The predicted molar refractivity (Wildman–Crippen MR) is 93.2 cm³/mol. The van der Waals surface area contributed by atoms with Crippen molar-refractivity contribution >= 4 is 0 Å². The maximum atomic E-state index is 11.1. The van der Waals surface area contributed by atoms with E-state index in [4.69, 9.17) is 0 Å². The molecule has 0 saturated heterocycles. The summed E-state index contributed by atoms with van der Waals surface area (Å²) in [5.74, 6) is -0.278. The van der Waals surface area contributed by atoms with Crippen LogP contribution < -0.4 is 0 Å². The number of rotatable bonds is 0. The van der Waals surface area contributed by atoms with Gasteiger partial charge in [-0.2, -0.15) is 0 Å². The zero-order chi connectivity index (χ0) is 18.0. The minimum atomic E-state index is -0.912. The highest BCUT2D eigenvalue weighted by molar-refractivity contribution is 5.42. The lowest BCUT2D eigenvalue weighted by atomic mass is 9.52. The van der Waals surface area contributed by atoms with E-state index in [0.29, 0.717) is 19.3 Å². The smallest absolute Gasteiger partial charge is 0.0895 e. The summed E-state index contributed by atoms with van der Waals surface area (Å²) < 4.78 is 0. The summed E-state index contributed by atoms with van der Waals surface area (Å²) >= 11 is 0. The first kappa shape index (κ1) is 18.1.